The van der Waals surface area contributed by atoms with Crippen molar-refractivity contribution in [1.82, 2.24) is 4.90 Å². The molecule has 0 radical (unpaired) electrons. The lowest BCUT2D eigenvalue weighted by Crippen LogP contribution is -2.41. The summed E-state index contributed by atoms with van der Waals surface area (Å²) in [7, 11) is 0. The topological polar surface area (TPSA) is 58.7 Å². The van der Waals surface area contributed by atoms with E-state index >= 15 is 0 Å². The first kappa shape index (κ1) is 16.3. The van der Waals surface area contributed by atoms with Crippen LogP contribution >= 0.6 is 0 Å². The second-order valence-electron chi connectivity index (χ2n) is 5.71. The third-order valence-electron chi connectivity index (χ3n) is 4.25. The molecule has 0 aliphatic carbocycles. The molecule has 0 bridgehead atoms. The first-order valence-electron chi connectivity index (χ1n) is 8.11. The third-order valence-corrected chi connectivity index (χ3v) is 4.25. The molecule has 1 fully saturated rings. The summed E-state index contributed by atoms with van der Waals surface area (Å²) >= 11 is 0. The quantitative estimate of drug-likeness (QED) is 0.721. The van der Waals surface area contributed by atoms with Gasteiger partial charge in [0.05, 0.1) is 6.61 Å². The maximum atomic E-state index is 9.15. The first-order valence-corrected chi connectivity index (χ1v) is 8.11. The number of benzene rings is 1. The Morgan fingerprint density at radius 1 is 1.29 bits per heavy atom. The van der Waals surface area contributed by atoms with Crippen molar-refractivity contribution in [3.63, 3.8) is 0 Å². The van der Waals surface area contributed by atoms with Crippen molar-refractivity contribution in [2.75, 3.05) is 26.3 Å². The molecule has 2 rings (SSSR count). The van der Waals surface area contributed by atoms with Crippen LogP contribution in [0.5, 0.6) is 5.75 Å². The lowest BCUT2D eigenvalue weighted by molar-refractivity contribution is 0.112. The average Bonchev–Trinajstić information content (AvgIpc) is 2.53. The van der Waals surface area contributed by atoms with Gasteiger partial charge in [0.2, 0.25) is 0 Å². The van der Waals surface area contributed by atoms with Crippen molar-refractivity contribution < 1.29 is 9.84 Å². The zero-order valence-electron chi connectivity index (χ0n) is 12.8. The molecule has 1 heterocycles. The van der Waals surface area contributed by atoms with E-state index in [1.54, 1.807) is 0 Å². The molecule has 1 aliphatic heterocycles. The van der Waals surface area contributed by atoms with Gasteiger partial charge in [0.15, 0.2) is 0 Å². The Balaban J connectivity index is 1.73. The summed E-state index contributed by atoms with van der Waals surface area (Å²) in [6, 6.07) is 8.52. The molecule has 4 nitrogen and oxygen atoms in total. The van der Waals surface area contributed by atoms with Crippen molar-refractivity contribution in [3.8, 4) is 5.75 Å². The Morgan fingerprint density at radius 3 is 2.95 bits per heavy atom. The summed E-state index contributed by atoms with van der Waals surface area (Å²) in [6.07, 6.45) is 5.70. The lowest BCUT2D eigenvalue weighted by atomic mass is 9.99. The maximum absolute atomic E-state index is 9.15. The molecule has 1 atom stereocenters. The smallest absolute Gasteiger partial charge is 0.123 e. The average molecular weight is 292 g/mol. The van der Waals surface area contributed by atoms with E-state index < -0.39 is 0 Å². The van der Waals surface area contributed by atoms with Crippen LogP contribution < -0.4 is 10.5 Å². The highest BCUT2D eigenvalue weighted by Crippen LogP contribution is 2.20. The van der Waals surface area contributed by atoms with Crippen molar-refractivity contribution in [2.45, 2.75) is 44.7 Å². The van der Waals surface area contributed by atoms with Crippen molar-refractivity contribution >= 4 is 0 Å². The molecular weight excluding hydrogens is 264 g/mol. The normalized spacial score (nSPS) is 19.6. The van der Waals surface area contributed by atoms with Gasteiger partial charge in [0.25, 0.3) is 0 Å². The number of hydrogen-bond acceptors (Lipinski definition) is 4. The van der Waals surface area contributed by atoms with E-state index in [2.05, 4.69) is 4.90 Å². The number of nitrogens with two attached hydrogens (primary N) is 1. The fourth-order valence-electron chi connectivity index (χ4n) is 3.09. The van der Waals surface area contributed by atoms with Gasteiger partial charge in [-0.05, 0) is 38.3 Å². The monoisotopic (exact) mass is 292 g/mol. The molecule has 118 valence electrons. The number of aliphatic hydroxyl groups is 1. The van der Waals surface area contributed by atoms with Crippen LogP contribution in [0.4, 0.5) is 0 Å². The fourth-order valence-corrected chi connectivity index (χ4v) is 3.09. The highest BCUT2D eigenvalue weighted by Gasteiger charge is 2.21. The van der Waals surface area contributed by atoms with Gasteiger partial charge in [-0.2, -0.15) is 0 Å². The number of para-hydroxylation sites is 1. The highest BCUT2D eigenvalue weighted by atomic mass is 16.5. The zero-order chi connectivity index (χ0) is 14.9. The van der Waals surface area contributed by atoms with Crippen LogP contribution in [0, 0.1) is 0 Å². The van der Waals surface area contributed by atoms with Crippen molar-refractivity contribution in [2.24, 2.45) is 5.73 Å². The second-order valence-corrected chi connectivity index (χ2v) is 5.71. The molecule has 1 unspecified atom stereocenters. The Labute approximate surface area is 127 Å². The SMILES string of the molecule is NCc1ccccc1OCCCN1CCCCC1CCO. The van der Waals surface area contributed by atoms with Crippen molar-refractivity contribution in [1.29, 1.82) is 0 Å². The lowest BCUT2D eigenvalue weighted by Gasteiger charge is -2.35. The van der Waals surface area contributed by atoms with E-state index in [0.717, 1.165) is 43.9 Å². The van der Waals surface area contributed by atoms with Crippen molar-refractivity contribution in [3.05, 3.63) is 29.8 Å². The number of ether oxygens (including phenoxy) is 1. The summed E-state index contributed by atoms with van der Waals surface area (Å²) in [5.74, 6) is 0.908. The van der Waals surface area contributed by atoms with Gasteiger partial charge in [-0.25, -0.2) is 0 Å². The van der Waals surface area contributed by atoms with Crippen LogP contribution in [0.25, 0.3) is 0 Å². The van der Waals surface area contributed by atoms with E-state index in [4.69, 9.17) is 15.6 Å². The first-order chi connectivity index (χ1) is 10.3. The summed E-state index contributed by atoms with van der Waals surface area (Å²) in [5, 5.41) is 9.15. The van der Waals surface area contributed by atoms with Crippen LogP contribution in [0.2, 0.25) is 0 Å². The third kappa shape index (κ3) is 4.99. The molecule has 4 heteroatoms. The standard InChI is InChI=1S/C17H28N2O2/c18-14-15-6-1-2-8-17(15)21-13-5-11-19-10-4-3-7-16(19)9-12-20/h1-2,6,8,16,20H,3-5,7,9-14,18H2. The van der Waals surface area contributed by atoms with Gasteiger partial charge >= 0.3 is 0 Å². The van der Waals surface area contributed by atoms with Gasteiger partial charge in [0, 0.05) is 31.3 Å². The number of nitrogens with zero attached hydrogens (tertiary/aromatic N) is 1. The molecule has 0 spiro atoms. The Kier molecular flexibility index (Phi) is 7.00. The summed E-state index contributed by atoms with van der Waals surface area (Å²) in [5.41, 5.74) is 6.77. The molecule has 0 aromatic heterocycles. The number of aliphatic hydroxyl groups excluding tert-OH is 1. The molecular formula is C17H28N2O2. The summed E-state index contributed by atoms with van der Waals surface area (Å²) < 4.78 is 5.86. The highest BCUT2D eigenvalue weighted by molar-refractivity contribution is 5.32. The van der Waals surface area contributed by atoms with Crippen LogP contribution in [0.15, 0.2) is 24.3 Å². The van der Waals surface area contributed by atoms with Crippen LogP contribution in [0.3, 0.4) is 0 Å². The predicted octanol–water partition coefficient (Wildman–Crippen LogP) is 2.15. The van der Waals surface area contributed by atoms with Crippen LogP contribution in [-0.4, -0.2) is 42.4 Å². The number of hydrogen-bond donors (Lipinski definition) is 2. The Hall–Kier alpha value is -1.10. The van der Waals surface area contributed by atoms with E-state index in [1.807, 2.05) is 24.3 Å². The summed E-state index contributed by atoms with van der Waals surface area (Å²) in [6.45, 7) is 3.74. The van der Waals surface area contributed by atoms with E-state index in [0.29, 0.717) is 19.2 Å². The van der Waals surface area contributed by atoms with Crippen LogP contribution in [0.1, 0.15) is 37.7 Å². The maximum Gasteiger partial charge on any atom is 0.123 e. The molecule has 21 heavy (non-hydrogen) atoms. The number of likely N-dealkylation sites (tertiary alicyclic amines) is 1. The molecule has 0 saturated carbocycles. The largest absolute Gasteiger partial charge is 0.493 e. The zero-order valence-corrected chi connectivity index (χ0v) is 12.8. The predicted molar refractivity (Wildman–Crippen MR) is 85.4 cm³/mol. The van der Waals surface area contributed by atoms with Gasteiger partial charge < -0.3 is 20.5 Å². The Morgan fingerprint density at radius 2 is 2.14 bits per heavy atom. The van der Waals surface area contributed by atoms with Crippen LogP contribution in [-0.2, 0) is 6.54 Å². The van der Waals surface area contributed by atoms with E-state index in [9.17, 15) is 0 Å². The summed E-state index contributed by atoms with van der Waals surface area (Å²) in [4.78, 5) is 2.51. The minimum atomic E-state index is 0.293. The Bertz CT molecular complexity index is 410. The second kappa shape index (κ2) is 9.03. The molecule has 1 saturated heterocycles. The number of piperidine rings is 1. The number of rotatable bonds is 8. The molecule has 0 amide bonds. The van der Waals surface area contributed by atoms with Gasteiger partial charge in [-0.1, -0.05) is 24.6 Å². The van der Waals surface area contributed by atoms with Gasteiger partial charge in [-0.3, -0.25) is 0 Å². The fraction of sp³-hybridized carbons (Fsp3) is 0.647. The molecule has 1 aliphatic rings. The van der Waals surface area contributed by atoms with Gasteiger partial charge in [-0.15, -0.1) is 0 Å². The molecule has 3 N–H and O–H groups in total. The molecule has 1 aromatic carbocycles. The minimum Gasteiger partial charge on any atom is -0.493 e. The van der Waals surface area contributed by atoms with E-state index in [1.165, 1.54) is 19.3 Å². The van der Waals surface area contributed by atoms with E-state index in [-0.39, 0.29) is 0 Å². The van der Waals surface area contributed by atoms with Gasteiger partial charge in [0.1, 0.15) is 5.75 Å². The minimum absolute atomic E-state index is 0.293. The molecule has 1 aromatic rings.